The van der Waals surface area contributed by atoms with Gasteiger partial charge in [0, 0.05) is 17.9 Å². The largest absolute Gasteiger partial charge is 0.382 e. The molecule has 0 unspecified atom stereocenters. The second kappa shape index (κ2) is 6.90. The first-order valence-corrected chi connectivity index (χ1v) is 7.72. The Morgan fingerprint density at radius 3 is 2.58 bits per heavy atom. The number of rotatable bonds is 4. The molecule has 1 aromatic carbocycles. The predicted octanol–water partition coefficient (Wildman–Crippen LogP) is 4.11. The van der Waals surface area contributed by atoms with Gasteiger partial charge in [0.05, 0.1) is 5.69 Å². The number of carbonyl (C=O) groups excluding carboxylic acids is 1. The van der Waals surface area contributed by atoms with E-state index in [9.17, 15) is 18.0 Å². The maximum absolute atomic E-state index is 13.6. The van der Waals surface area contributed by atoms with Crippen LogP contribution in [0.5, 0.6) is 0 Å². The van der Waals surface area contributed by atoms with Gasteiger partial charge in [0.15, 0.2) is 17.5 Å². The first kappa shape index (κ1) is 16.3. The first-order chi connectivity index (χ1) is 11.5. The average molecular weight is 335 g/mol. The van der Waals surface area contributed by atoms with Gasteiger partial charge in [0.2, 0.25) is 0 Å². The zero-order valence-corrected chi connectivity index (χ0v) is 12.8. The number of aromatic nitrogens is 1. The second-order valence-electron chi connectivity index (χ2n) is 5.73. The smallest absolute Gasteiger partial charge is 0.274 e. The standard InChI is InChI=1S/C17H16F3N3O/c18-12-5-6-13(16(20)15(12)19)23-17(24)14-9-11(7-8-21-14)22-10-3-1-2-4-10/h5-10H,1-4H2,(H,21,22)(H,23,24). The number of halogens is 3. The van der Waals surface area contributed by atoms with Crippen molar-refractivity contribution in [2.45, 2.75) is 31.7 Å². The van der Waals surface area contributed by atoms with E-state index in [1.807, 2.05) is 0 Å². The van der Waals surface area contributed by atoms with Crippen molar-refractivity contribution in [3.05, 3.63) is 53.6 Å². The molecular weight excluding hydrogens is 319 g/mol. The molecule has 4 nitrogen and oxygen atoms in total. The van der Waals surface area contributed by atoms with Crippen molar-refractivity contribution >= 4 is 17.3 Å². The molecule has 7 heteroatoms. The summed E-state index contributed by atoms with van der Waals surface area (Å²) < 4.78 is 39.8. The van der Waals surface area contributed by atoms with E-state index in [2.05, 4.69) is 15.6 Å². The highest BCUT2D eigenvalue weighted by molar-refractivity contribution is 6.03. The third-order valence-corrected chi connectivity index (χ3v) is 4.00. The normalized spacial score (nSPS) is 14.6. The number of pyridine rings is 1. The maximum Gasteiger partial charge on any atom is 0.274 e. The molecule has 1 saturated carbocycles. The van der Waals surface area contributed by atoms with Crippen molar-refractivity contribution < 1.29 is 18.0 Å². The predicted molar refractivity (Wildman–Crippen MR) is 84.4 cm³/mol. The van der Waals surface area contributed by atoms with E-state index in [1.165, 1.54) is 19.0 Å². The van der Waals surface area contributed by atoms with Gasteiger partial charge < -0.3 is 10.6 Å². The van der Waals surface area contributed by atoms with Gasteiger partial charge in [0.1, 0.15) is 5.69 Å². The fourth-order valence-corrected chi connectivity index (χ4v) is 2.76. The second-order valence-corrected chi connectivity index (χ2v) is 5.73. The van der Waals surface area contributed by atoms with Crippen molar-refractivity contribution in [2.24, 2.45) is 0 Å². The van der Waals surface area contributed by atoms with Gasteiger partial charge in [-0.15, -0.1) is 0 Å². The lowest BCUT2D eigenvalue weighted by atomic mass is 10.2. The number of hydrogen-bond acceptors (Lipinski definition) is 3. The van der Waals surface area contributed by atoms with Gasteiger partial charge in [-0.25, -0.2) is 13.2 Å². The number of nitrogens with zero attached hydrogens (tertiary/aromatic N) is 1. The Labute approximate surface area is 137 Å². The molecule has 1 fully saturated rings. The zero-order valence-electron chi connectivity index (χ0n) is 12.8. The minimum Gasteiger partial charge on any atom is -0.382 e. The van der Waals surface area contributed by atoms with Crippen LogP contribution in [0.3, 0.4) is 0 Å². The van der Waals surface area contributed by atoms with Crippen molar-refractivity contribution in [1.29, 1.82) is 0 Å². The third-order valence-electron chi connectivity index (χ3n) is 4.00. The zero-order chi connectivity index (χ0) is 17.1. The molecule has 24 heavy (non-hydrogen) atoms. The van der Waals surface area contributed by atoms with E-state index in [0.717, 1.165) is 30.7 Å². The molecule has 0 atom stereocenters. The molecule has 1 aliphatic carbocycles. The average Bonchev–Trinajstić information content (AvgIpc) is 3.08. The number of anilines is 2. The molecular formula is C17H16F3N3O. The summed E-state index contributed by atoms with van der Waals surface area (Å²) in [6.45, 7) is 0. The molecule has 1 amide bonds. The minimum atomic E-state index is -1.63. The van der Waals surface area contributed by atoms with Gasteiger partial charge in [-0.1, -0.05) is 12.8 Å². The highest BCUT2D eigenvalue weighted by Crippen LogP contribution is 2.23. The lowest BCUT2D eigenvalue weighted by Crippen LogP contribution is -2.18. The summed E-state index contributed by atoms with van der Waals surface area (Å²) in [6.07, 6.45) is 5.96. The molecule has 0 radical (unpaired) electrons. The van der Waals surface area contributed by atoms with Crippen LogP contribution in [0.25, 0.3) is 0 Å². The highest BCUT2D eigenvalue weighted by atomic mass is 19.2. The first-order valence-electron chi connectivity index (χ1n) is 7.72. The van der Waals surface area contributed by atoms with E-state index in [1.54, 1.807) is 12.1 Å². The molecule has 1 heterocycles. The van der Waals surface area contributed by atoms with Crippen molar-refractivity contribution in [2.75, 3.05) is 10.6 Å². The van der Waals surface area contributed by atoms with E-state index in [0.29, 0.717) is 6.04 Å². The minimum absolute atomic E-state index is 0.0575. The van der Waals surface area contributed by atoms with Crippen LogP contribution < -0.4 is 10.6 Å². The van der Waals surface area contributed by atoms with Crippen LogP contribution in [0.15, 0.2) is 30.5 Å². The van der Waals surface area contributed by atoms with Gasteiger partial charge in [0.25, 0.3) is 5.91 Å². The Balaban J connectivity index is 1.74. The summed E-state index contributed by atoms with van der Waals surface area (Å²) in [5, 5.41) is 5.53. The van der Waals surface area contributed by atoms with Crippen LogP contribution in [-0.4, -0.2) is 16.9 Å². The monoisotopic (exact) mass is 335 g/mol. The molecule has 0 bridgehead atoms. The van der Waals surface area contributed by atoms with Crippen LogP contribution in [0.1, 0.15) is 36.2 Å². The van der Waals surface area contributed by atoms with Crippen LogP contribution in [0.2, 0.25) is 0 Å². The summed E-state index contributed by atoms with van der Waals surface area (Å²) >= 11 is 0. The number of amides is 1. The van der Waals surface area contributed by atoms with Crippen molar-refractivity contribution in [1.82, 2.24) is 4.98 Å². The molecule has 126 valence electrons. The van der Waals surface area contributed by atoms with Crippen molar-refractivity contribution in [3.8, 4) is 0 Å². The van der Waals surface area contributed by atoms with E-state index < -0.39 is 29.0 Å². The molecule has 0 aliphatic heterocycles. The quantitative estimate of drug-likeness (QED) is 0.827. The molecule has 2 N–H and O–H groups in total. The molecule has 3 rings (SSSR count). The van der Waals surface area contributed by atoms with E-state index in [4.69, 9.17) is 0 Å². The van der Waals surface area contributed by atoms with Crippen LogP contribution in [-0.2, 0) is 0 Å². The van der Waals surface area contributed by atoms with Crippen LogP contribution >= 0.6 is 0 Å². The summed E-state index contributed by atoms with van der Waals surface area (Å²) in [6, 6.07) is 5.37. The van der Waals surface area contributed by atoms with Gasteiger partial charge in [-0.05, 0) is 37.1 Å². The molecule has 0 spiro atoms. The Morgan fingerprint density at radius 1 is 1.08 bits per heavy atom. The fourth-order valence-electron chi connectivity index (χ4n) is 2.76. The Bertz CT molecular complexity index is 761. The molecule has 1 aromatic heterocycles. The summed E-state index contributed by atoms with van der Waals surface area (Å²) in [5.74, 6) is -5.08. The number of nitrogens with one attached hydrogen (secondary N) is 2. The third kappa shape index (κ3) is 3.50. The topological polar surface area (TPSA) is 54.0 Å². The number of benzene rings is 1. The van der Waals surface area contributed by atoms with E-state index >= 15 is 0 Å². The highest BCUT2D eigenvalue weighted by Gasteiger charge is 2.18. The maximum atomic E-state index is 13.6. The number of carbonyl (C=O) groups is 1. The summed E-state index contributed by atoms with van der Waals surface area (Å²) in [4.78, 5) is 16.1. The number of hydrogen-bond donors (Lipinski definition) is 2. The fraction of sp³-hybridized carbons (Fsp3) is 0.294. The van der Waals surface area contributed by atoms with Gasteiger partial charge in [-0.2, -0.15) is 0 Å². The van der Waals surface area contributed by atoms with Crippen LogP contribution in [0, 0.1) is 17.5 Å². The lowest BCUT2D eigenvalue weighted by molar-refractivity contribution is 0.102. The summed E-state index contributed by atoms with van der Waals surface area (Å²) in [5.41, 5.74) is 0.366. The Morgan fingerprint density at radius 2 is 1.83 bits per heavy atom. The molecule has 0 saturated heterocycles. The summed E-state index contributed by atoms with van der Waals surface area (Å²) in [7, 11) is 0. The Kier molecular flexibility index (Phi) is 4.69. The molecule has 2 aromatic rings. The SMILES string of the molecule is O=C(Nc1ccc(F)c(F)c1F)c1cc(NC2CCCC2)ccn1. The van der Waals surface area contributed by atoms with Gasteiger partial charge in [-0.3, -0.25) is 9.78 Å². The Hall–Kier alpha value is -2.57. The van der Waals surface area contributed by atoms with Crippen LogP contribution in [0.4, 0.5) is 24.5 Å². The van der Waals surface area contributed by atoms with Gasteiger partial charge >= 0.3 is 0 Å². The van der Waals surface area contributed by atoms with E-state index in [-0.39, 0.29) is 5.69 Å². The lowest BCUT2D eigenvalue weighted by Gasteiger charge is -2.14. The molecule has 1 aliphatic rings. The van der Waals surface area contributed by atoms with Crippen molar-refractivity contribution in [3.63, 3.8) is 0 Å².